The first kappa shape index (κ1) is 15.2. The third kappa shape index (κ3) is 3.45. The van der Waals surface area contributed by atoms with Gasteiger partial charge in [-0.25, -0.2) is 0 Å². The van der Waals surface area contributed by atoms with Crippen molar-refractivity contribution in [3.05, 3.63) is 72.8 Å². The summed E-state index contributed by atoms with van der Waals surface area (Å²) in [5.41, 5.74) is 0. The van der Waals surface area contributed by atoms with Crippen LogP contribution >= 0.6 is 8.60 Å². The van der Waals surface area contributed by atoms with E-state index >= 15 is 0 Å². The van der Waals surface area contributed by atoms with Gasteiger partial charge < -0.3 is 0 Å². The van der Waals surface area contributed by atoms with Gasteiger partial charge in [-0.05, 0) is 0 Å². The molecule has 1 heterocycles. The Hall–Kier alpha value is -1.35. The molecule has 4 rings (SSSR count). The van der Waals surface area contributed by atoms with Crippen LogP contribution < -0.4 is 18.4 Å². The fourth-order valence-electron chi connectivity index (χ4n) is 2.16. The van der Waals surface area contributed by atoms with Crippen molar-refractivity contribution >= 4 is 45.2 Å². The first-order valence-electron chi connectivity index (χ1n) is 7.04. The zero-order valence-corrected chi connectivity index (χ0v) is 16.2. The molecule has 0 fully saturated rings. The normalized spacial score (nSPS) is 12.7. The molecule has 0 atom stereocenters. The van der Waals surface area contributed by atoms with Crippen molar-refractivity contribution in [1.82, 2.24) is 0 Å². The maximum atomic E-state index is 6.08. The molecule has 0 saturated heterocycles. The second-order valence-electron chi connectivity index (χ2n) is 4.79. The number of fused-ring (bicyclic) bond motifs is 1. The number of benzene rings is 3. The molecule has 114 valence electrons. The van der Waals surface area contributed by atoms with Crippen molar-refractivity contribution in [2.24, 2.45) is 0 Å². The van der Waals surface area contributed by atoms with Gasteiger partial charge in [-0.15, -0.1) is 0 Å². The van der Waals surface area contributed by atoms with E-state index in [2.05, 4.69) is 0 Å². The molecular weight excluding hydrogens is 438 g/mol. The Labute approximate surface area is 150 Å². The van der Waals surface area contributed by atoms with E-state index in [0.717, 1.165) is 23.0 Å². The molecule has 0 radical (unpaired) electrons. The fraction of sp³-hybridized carbons (Fsp3) is 0. The summed E-state index contributed by atoms with van der Waals surface area (Å²) in [6, 6.07) is 24.0. The Morgan fingerprint density at radius 2 is 1.00 bits per heavy atom. The van der Waals surface area contributed by atoms with Gasteiger partial charge in [-0.2, -0.15) is 0 Å². The minimum absolute atomic E-state index is 0.398. The summed E-state index contributed by atoms with van der Waals surface area (Å²) in [5.74, 6) is 3.70. The second kappa shape index (κ2) is 7.04. The monoisotopic (exact) mass is 452 g/mol. The molecule has 0 aromatic heterocycles. The van der Waals surface area contributed by atoms with Crippen LogP contribution in [0.3, 0.4) is 0 Å². The van der Waals surface area contributed by atoms with Crippen LogP contribution in [-0.4, -0.2) is 27.7 Å². The van der Waals surface area contributed by atoms with Crippen molar-refractivity contribution in [2.45, 2.75) is 0 Å². The topological polar surface area (TPSA) is 18.5 Å². The number of rotatable bonds is 4. The average molecular weight is 450 g/mol. The average Bonchev–Trinajstić information content (AvgIpc) is 3.09. The van der Waals surface area contributed by atoms with Crippen molar-refractivity contribution < 1.29 is 9.47 Å². The van der Waals surface area contributed by atoms with Crippen LogP contribution in [0, 0.1) is 0 Å². The van der Waals surface area contributed by atoms with Crippen LogP contribution in [0.4, 0.5) is 0 Å². The summed E-state index contributed by atoms with van der Waals surface area (Å²) >= 11 is 0.797. The van der Waals surface area contributed by atoms with E-state index in [0.29, 0.717) is 27.7 Å². The van der Waals surface area contributed by atoms with Gasteiger partial charge in [0.2, 0.25) is 0 Å². The summed E-state index contributed by atoms with van der Waals surface area (Å²) in [6.45, 7) is 0. The summed E-state index contributed by atoms with van der Waals surface area (Å²) in [7, 11) is 2.02. The summed E-state index contributed by atoms with van der Waals surface area (Å²) in [4.78, 5) is 0. The molecule has 1 aliphatic heterocycles. The number of hydrogen-bond acceptors (Lipinski definition) is 3. The quantitative estimate of drug-likeness (QED) is 0.567. The van der Waals surface area contributed by atoms with Gasteiger partial charge in [0.05, 0.1) is 0 Å². The van der Waals surface area contributed by atoms with E-state index in [1.54, 1.807) is 0 Å². The first-order valence-corrected chi connectivity index (χ1v) is 13.6. The molecule has 3 aromatic carbocycles. The Bertz CT molecular complexity index is 742. The number of ether oxygens (including phenoxy) is 2. The van der Waals surface area contributed by atoms with E-state index in [9.17, 15) is 0 Å². The SMILES string of the molecule is c1ccc(Oc2ccc(Oc3ccccc3)c3c2[Se]S[Se]3)cc1. The fourth-order valence-corrected chi connectivity index (χ4v) is 14.4. The van der Waals surface area contributed by atoms with Gasteiger partial charge in [0.15, 0.2) is 0 Å². The van der Waals surface area contributed by atoms with Gasteiger partial charge in [0.1, 0.15) is 0 Å². The zero-order chi connectivity index (χ0) is 15.5. The first-order chi connectivity index (χ1) is 11.4. The van der Waals surface area contributed by atoms with E-state index < -0.39 is 0 Å². The zero-order valence-electron chi connectivity index (χ0n) is 12.0. The van der Waals surface area contributed by atoms with Crippen LogP contribution in [0.1, 0.15) is 0 Å². The summed E-state index contributed by atoms with van der Waals surface area (Å²) in [5, 5.41) is 0. The third-order valence-electron chi connectivity index (χ3n) is 3.22. The van der Waals surface area contributed by atoms with Crippen molar-refractivity contribution in [2.75, 3.05) is 0 Å². The molecule has 0 N–H and O–H groups in total. The Morgan fingerprint density at radius 3 is 1.43 bits per heavy atom. The predicted molar refractivity (Wildman–Crippen MR) is 97.8 cm³/mol. The van der Waals surface area contributed by atoms with Crippen LogP contribution in [0.2, 0.25) is 0 Å². The molecular formula is C18H12O2SSe2. The molecule has 2 nitrogen and oxygen atoms in total. The molecule has 23 heavy (non-hydrogen) atoms. The van der Waals surface area contributed by atoms with Gasteiger partial charge in [-0.1, -0.05) is 0 Å². The van der Waals surface area contributed by atoms with Crippen LogP contribution in [-0.2, 0) is 0 Å². The molecule has 0 bridgehead atoms. The Kier molecular flexibility index (Phi) is 4.65. The van der Waals surface area contributed by atoms with Crippen molar-refractivity contribution in [1.29, 1.82) is 0 Å². The molecule has 0 amide bonds. The molecule has 0 spiro atoms. The van der Waals surface area contributed by atoms with Crippen LogP contribution in [0.25, 0.3) is 0 Å². The Balaban J connectivity index is 1.65. The molecule has 3 aromatic rings. The van der Waals surface area contributed by atoms with Gasteiger partial charge in [-0.3, -0.25) is 0 Å². The molecule has 5 heteroatoms. The van der Waals surface area contributed by atoms with Crippen LogP contribution in [0.5, 0.6) is 23.0 Å². The number of para-hydroxylation sites is 2. The standard InChI is InChI=1S/C18H12O2SSe2/c1-3-7-13(8-4-1)19-15-11-12-16(18-17(15)22-21-23-18)20-14-9-5-2-6-10-14/h1-12H. The number of hydrogen-bond donors (Lipinski definition) is 0. The van der Waals surface area contributed by atoms with Gasteiger partial charge in [0.25, 0.3) is 0 Å². The van der Waals surface area contributed by atoms with Crippen molar-refractivity contribution in [3.8, 4) is 23.0 Å². The molecule has 0 aliphatic carbocycles. The van der Waals surface area contributed by atoms with E-state index in [1.165, 1.54) is 8.92 Å². The van der Waals surface area contributed by atoms with Crippen LogP contribution in [0.15, 0.2) is 72.8 Å². The van der Waals surface area contributed by atoms with E-state index in [-0.39, 0.29) is 0 Å². The Morgan fingerprint density at radius 1 is 0.565 bits per heavy atom. The van der Waals surface area contributed by atoms with E-state index in [4.69, 9.17) is 9.47 Å². The molecule has 0 saturated carbocycles. The summed E-state index contributed by atoms with van der Waals surface area (Å²) < 4.78 is 14.8. The second-order valence-corrected chi connectivity index (χ2v) is 14.4. The van der Waals surface area contributed by atoms with Gasteiger partial charge >= 0.3 is 150 Å². The maximum absolute atomic E-state index is 6.08. The van der Waals surface area contributed by atoms with Gasteiger partial charge in [0, 0.05) is 0 Å². The third-order valence-corrected chi connectivity index (χ3v) is 13.4. The minimum atomic E-state index is 0.398. The summed E-state index contributed by atoms with van der Waals surface area (Å²) in [6.07, 6.45) is 0. The predicted octanol–water partition coefficient (Wildman–Crippen LogP) is 3.51. The van der Waals surface area contributed by atoms with E-state index in [1.807, 2.05) is 81.4 Å². The molecule has 1 aliphatic rings. The molecule has 0 unspecified atom stereocenters. The van der Waals surface area contributed by atoms with Crippen molar-refractivity contribution in [3.63, 3.8) is 0 Å².